The van der Waals surface area contributed by atoms with Gasteiger partial charge in [-0.15, -0.1) is 0 Å². The fraction of sp³-hybridized carbons (Fsp3) is 0.353. The van der Waals surface area contributed by atoms with Crippen LogP contribution in [0.3, 0.4) is 0 Å². The van der Waals surface area contributed by atoms with E-state index in [4.69, 9.17) is 15.0 Å². The van der Waals surface area contributed by atoms with Crippen molar-refractivity contribution in [3.05, 3.63) is 193 Å². The molecule has 0 amide bonds. The molecule has 0 atom stereocenters. The Morgan fingerprint density at radius 2 is 0.556 bits per heavy atom. The molecule has 276 valence electrons. The molecule has 4 heterocycles. The third kappa shape index (κ3) is 7.56. The highest BCUT2D eigenvalue weighted by Gasteiger charge is 2.31. The minimum absolute atomic E-state index is 0.00360. The molecule has 0 fully saturated rings. The highest BCUT2D eigenvalue weighted by Crippen LogP contribution is 2.41. The van der Waals surface area contributed by atoms with E-state index in [1.807, 2.05) is 0 Å². The standard InChI is InChI=1S/C51H57N3/c1-31-22-40-46(34-16-13-19-37(28-34)49(4,5)6)42-24-32(2)26-44(53-42)48(36-18-15-21-39(30-36)51(10,11)12)45-27-33(3)25-43(54-45)47(41(23-31)52-40)35-17-14-20-38(29-35)50(7,8)9/h13-30,46-48H,1-12H3. The summed E-state index contributed by atoms with van der Waals surface area (Å²) in [6.07, 6.45) is 0. The molecule has 1 aliphatic heterocycles. The topological polar surface area (TPSA) is 38.7 Å². The van der Waals surface area contributed by atoms with Crippen molar-refractivity contribution in [1.82, 2.24) is 15.0 Å². The molecule has 6 aromatic rings. The lowest BCUT2D eigenvalue weighted by Gasteiger charge is -2.28. The SMILES string of the molecule is Cc1cc2nc(c1)C(c1cccc(C(C)(C)C)c1)c1cc(C)cc(n1)C(c1cccc(C(C)(C)C)c1)c1cc(C)cc(n1)C2c1cccc(C(C)(C)C)c1. The molecule has 6 bridgehead atoms. The molecule has 0 spiro atoms. The first-order valence-corrected chi connectivity index (χ1v) is 19.6. The van der Waals surface area contributed by atoms with E-state index in [1.54, 1.807) is 0 Å². The van der Waals surface area contributed by atoms with Crippen molar-refractivity contribution in [3.63, 3.8) is 0 Å². The Kier molecular flexibility index (Phi) is 9.53. The molecule has 0 unspecified atom stereocenters. The largest absolute Gasteiger partial charge is 0.256 e. The van der Waals surface area contributed by atoms with Gasteiger partial charge in [-0.3, -0.25) is 15.0 Å². The minimum atomic E-state index is -0.166. The third-order valence-electron chi connectivity index (χ3n) is 11.1. The highest BCUT2D eigenvalue weighted by molar-refractivity contribution is 5.50. The molecular formula is C51H57N3. The first-order chi connectivity index (χ1) is 25.3. The summed E-state index contributed by atoms with van der Waals surface area (Å²) < 4.78 is 0. The maximum absolute atomic E-state index is 5.67. The van der Waals surface area contributed by atoms with E-state index in [1.165, 1.54) is 50.1 Å². The van der Waals surface area contributed by atoms with Gasteiger partial charge in [0, 0.05) is 0 Å². The number of aromatic nitrogens is 3. The maximum atomic E-state index is 5.67. The van der Waals surface area contributed by atoms with Gasteiger partial charge in [-0.2, -0.15) is 0 Å². The van der Waals surface area contributed by atoms with Gasteiger partial charge in [-0.1, -0.05) is 135 Å². The van der Waals surface area contributed by atoms with Crippen LogP contribution >= 0.6 is 0 Å². The first kappa shape index (κ1) is 37.4. The summed E-state index contributed by atoms with van der Waals surface area (Å²) in [5.74, 6) is -0.499. The zero-order chi connectivity index (χ0) is 38.7. The Bertz CT molecular complexity index is 2010. The van der Waals surface area contributed by atoms with Gasteiger partial charge in [0.25, 0.3) is 0 Å². The summed E-state index contributed by atoms with van der Waals surface area (Å²) in [7, 11) is 0. The highest BCUT2D eigenvalue weighted by atomic mass is 14.8. The fourth-order valence-electron chi connectivity index (χ4n) is 8.09. The number of fused-ring (bicyclic) bond motifs is 6. The van der Waals surface area contributed by atoms with Gasteiger partial charge in [0.1, 0.15) is 0 Å². The van der Waals surface area contributed by atoms with Gasteiger partial charge in [-0.25, -0.2) is 0 Å². The van der Waals surface area contributed by atoms with E-state index in [9.17, 15) is 0 Å². The van der Waals surface area contributed by atoms with Gasteiger partial charge >= 0.3 is 0 Å². The number of benzene rings is 3. The van der Waals surface area contributed by atoms with Crippen molar-refractivity contribution in [2.24, 2.45) is 0 Å². The molecule has 3 heteroatoms. The van der Waals surface area contributed by atoms with E-state index in [2.05, 4.69) is 192 Å². The molecular weight excluding hydrogens is 655 g/mol. The van der Waals surface area contributed by atoms with Crippen LogP contribution in [0.5, 0.6) is 0 Å². The molecule has 54 heavy (non-hydrogen) atoms. The van der Waals surface area contributed by atoms with Crippen LogP contribution in [0.4, 0.5) is 0 Å². The Hall–Kier alpha value is -4.89. The van der Waals surface area contributed by atoms with Gasteiger partial charge in [0.15, 0.2) is 0 Å². The van der Waals surface area contributed by atoms with Gasteiger partial charge in [0.05, 0.1) is 51.9 Å². The Morgan fingerprint density at radius 3 is 0.759 bits per heavy atom. The second-order valence-corrected chi connectivity index (χ2v) is 18.9. The van der Waals surface area contributed by atoms with Crippen LogP contribution in [0.2, 0.25) is 0 Å². The van der Waals surface area contributed by atoms with Gasteiger partial charge < -0.3 is 0 Å². The van der Waals surface area contributed by atoms with E-state index >= 15 is 0 Å². The zero-order valence-corrected chi connectivity index (χ0v) is 34.5. The number of nitrogens with zero attached hydrogens (tertiary/aromatic N) is 3. The van der Waals surface area contributed by atoms with E-state index in [0.29, 0.717) is 0 Å². The zero-order valence-electron chi connectivity index (χ0n) is 34.5. The normalized spacial score (nSPS) is 17.4. The molecule has 0 saturated heterocycles. The average molecular weight is 712 g/mol. The summed E-state index contributed by atoms with van der Waals surface area (Å²) >= 11 is 0. The predicted octanol–water partition coefficient (Wildman–Crippen LogP) is 12.5. The lowest BCUT2D eigenvalue weighted by Crippen LogP contribution is -2.19. The molecule has 3 nitrogen and oxygen atoms in total. The van der Waals surface area contributed by atoms with Crippen LogP contribution in [-0.2, 0) is 16.2 Å². The van der Waals surface area contributed by atoms with E-state index in [0.717, 1.165) is 34.2 Å². The summed E-state index contributed by atoms with van der Waals surface area (Å²) in [6.45, 7) is 27.2. The lowest BCUT2D eigenvalue weighted by atomic mass is 9.80. The van der Waals surface area contributed by atoms with Crippen molar-refractivity contribution in [2.45, 2.75) is 117 Å². The molecule has 1 aliphatic rings. The van der Waals surface area contributed by atoms with Crippen LogP contribution in [0.15, 0.2) is 109 Å². The number of aryl methyl sites for hydroxylation is 3. The molecule has 0 N–H and O–H groups in total. The number of rotatable bonds is 3. The van der Waals surface area contributed by atoms with E-state index < -0.39 is 0 Å². The summed E-state index contributed by atoms with van der Waals surface area (Å²) in [4.78, 5) is 17.0. The average Bonchev–Trinajstić information content (AvgIpc) is 3.07. The number of pyridine rings is 3. The quantitative estimate of drug-likeness (QED) is 0.183. The third-order valence-corrected chi connectivity index (χ3v) is 11.1. The minimum Gasteiger partial charge on any atom is -0.256 e. The van der Waals surface area contributed by atoms with Gasteiger partial charge in [-0.05, 0) is 123 Å². The van der Waals surface area contributed by atoms with Crippen LogP contribution in [-0.4, -0.2) is 15.0 Å². The summed E-state index contributed by atoms with van der Waals surface area (Å²) in [6, 6.07) is 40.9. The molecule has 7 rings (SSSR count). The van der Waals surface area contributed by atoms with E-state index in [-0.39, 0.29) is 34.0 Å². The Balaban J connectivity index is 1.60. The second kappa shape index (κ2) is 13.8. The second-order valence-electron chi connectivity index (χ2n) is 18.9. The van der Waals surface area contributed by atoms with Crippen molar-refractivity contribution in [2.75, 3.05) is 0 Å². The van der Waals surface area contributed by atoms with Crippen molar-refractivity contribution in [3.8, 4) is 0 Å². The van der Waals surface area contributed by atoms with Crippen LogP contribution in [0.1, 0.15) is 164 Å². The molecule has 0 saturated carbocycles. The first-order valence-electron chi connectivity index (χ1n) is 19.6. The molecule has 0 aliphatic carbocycles. The summed E-state index contributed by atoms with van der Waals surface area (Å²) in [5.41, 5.74) is 17.1. The van der Waals surface area contributed by atoms with Crippen molar-refractivity contribution >= 4 is 0 Å². The summed E-state index contributed by atoms with van der Waals surface area (Å²) in [5, 5.41) is 0. The van der Waals surface area contributed by atoms with Crippen molar-refractivity contribution < 1.29 is 0 Å². The number of hydrogen-bond acceptors (Lipinski definition) is 3. The van der Waals surface area contributed by atoms with Gasteiger partial charge in [0.2, 0.25) is 0 Å². The van der Waals surface area contributed by atoms with Crippen molar-refractivity contribution in [1.29, 1.82) is 0 Å². The maximum Gasteiger partial charge on any atom is 0.0686 e. The Morgan fingerprint density at radius 1 is 0.333 bits per heavy atom. The van der Waals surface area contributed by atoms with Crippen LogP contribution in [0, 0.1) is 20.8 Å². The smallest absolute Gasteiger partial charge is 0.0686 e. The molecule has 0 radical (unpaired) electrons. The van der Waals surface area contributed by atoms with Crippen LogP contribution < -0.4 is 0 Å². The predicted molar refractivity (Wildman–Crippen MR) is 225 cm³/mol. The monoisotopic (exact) mass is 711 g/mol. The fourth-order valence-corrected chi connectivity index (χ4v) is 8.09. The lowest BCUT2D eigenvalue weighted by molar-refractivity contribution is 0.588. The molecule has 3 aromatic carbocycles. The van der Waals surface area contributed by atoms with Crippen LogP contribution in [0.25, 0.3) is 0 Å². The number of hydrogen-bond donors (Lipinski definition) is 0. The Labute approximate surface area is 324 Å². The molecule has 3 aromatic heterocycles.